The quantitative estimate of drug-likeness (QED) is 0.854. The molecule has 4 nitrogen and oxygen atoms in total. The van der Waals surface area contributed by atoms with E-state index in [1.54, 1.807) is 19.1 Å². The smallest absolute Gasteiger partial charge is 0.246 e. The second kappa shape index (κ2) is 8.01. The van der Waals surface area contributed by atoms with E-state index in [2.05, 4.69) is 27.7 Å². The summed E-state index contributed by atoms with van der Waals surface area (Å²) < 4.78 is 12.9. The van der Waals surface area contributed by atoms with Gasteiger partial charge in [0.15, 0.2) is 0 Å². The number of carbonyl (C=O) groups excluding carboxylic acids is 1. The van der Waals surface area contributed by atoms with Crippen molar-refractivity contribution in [3.63, 3.8) is 0 Å². The summed E-state index contributed by atoms with van der Waals surface area (Å²) in [6.07, 6.45) is 3.82. The molecule has 1 aliphatic heterocycles. The van der Waals surface area contributed by atoms with Gasteiger partial charge in [-0.05, 0) is 74.7 Å². The number of benzene rings is 2. The Morgan fingerprint density at radius 1 is 0.960 bits per heavy atom. The molecule has 5 heteroatoms. The number of halogens is 1. The van der Waals surface area contributed by atoms with Gasteiger partial charge in [-0.15, -0.1) is 0 Å². The predicted molar refractivity (Wildman–Crippen MR) is 101 cm³/mol. The normalized spacial score (nSPS) is 15.5. The van der Waals surface area contributed by atoms with Crippen LogP contribution < -0.4 is 15.5 Å². The summed E-state index contributed by atoms with van der Waals surface area (Å²) in [5.74, 6) is -0.482. The molecule has 2 aromatic carbocycles. The van der Waals surface area contributed by atoms with Gasteiger partial charge in [0.05, 0.1) is 0 Å². The first-order valence-corrected chi connectivity index (χ1v) is 8.80. The summed E-state index contributed by atoms with van der Waals surface area (Å²) in [4.78, 5) is 14.6. The topological polar surface area (TPSA) is 44.4 Å². The van der Waals surface area contributed by atoms with E-state index in [4.69, 9.17) is 0 Å². The third-order valence-corrected chi connectivity index (χ3v) is 4.48. The fourth-order valence-electron chi connectivity index (χ4n) is 3.02. The van der Waals surface area contributed by atoms with Crippen LogP contribution in [0.15, 0.2) is 48.5 Å². The van der Waals surface area contributed by atoms with Crippen LogP contribution in [0.25, 0.3) is 0 Å². The van der Waals surface area contributed by atoms with Crippen molar-refractivity contribution in [2.75, 3.05) is 28.6 Å². The van der Waals surface area contributed by atoms with Crippen LogP contribution >= 0.6 is 0 Å². The molecule has 1 fully saturated rings. The number of rotatable bonds is 5. The van der Waals surface area contributed by atoms with E-state index in [-0.39, 0.29) is 11.7 Å². The van der Waals surface area contributed by atoms with E-state index >= 15 is 0 Å². The number of piperidine rings is 1. The van der Waals surface area contributed by atoms with Gasteiger partial charge in [0.2, 0.25) is 5.91 Å². The zero-order valence-electron chi connectivity index (χ0n) is 14.5. The monoisotopic (exact) mass is 341 g/mol. The molecule has 0 aromatic heterocycles. The van der Waals surface area contributed by atoms with E-state index in [1.165, 1.54) is 37.1 Å². The Labute approximate surface area is 148 Å². The van der Waals surface area contributed by atoms with Gasteiger partial charge in [-0.2, -0.15) is 0 Å². The maximum absolute atomic E-state index is 12.9. The van der Waals surface area contributed by atoms with Crippen LogP contribution in [0.5, 0.6) is 0 Å². The molecular formula is C20H24FN3O. The Kier molecular flexibility index (Phi) is 5.53. The van der Waals surface area contributed by atoms with Crippen molar-refractivity contribution in [2.45, 2.75) is 32.2 Å². The third-order valence-electron chi connectivity index (χ3n) is 4.48. The van der Waals surface area contributed by atoms with Crippen molar-refractivity contribution in [1.82, 2.24) is 0 Å². The number of anilines is 3. The lowest BCUT2D eigenvalue weighted by Crippen LogP contribution is -2.32. The van der Waals surface area contributed by atoms with Crippen LogP contribution in [0.1, 0.15) is 26.2 Å². The molecule has 1 amide bonds. The van der Waals surface area contributed by atoms with E-state index in [9.17, 15) is 9.18 Å². The summed E-state index contributed by atoms with van der Waals surface area (Å²) in [5, 5.41) is 5.97. The van der Waals surface area contributed by atoms with Gasteiger partial charge >= 0.3 is 0 Å². The molecule has 25 heavy (non-hydrogen) atoms. The molecule has 1 atom stereocenters. The first kappa shape index (κ1) is 17.3. The number of nitrogens with one attached hydrogen (secondary N) is 2. The molecule has 0 radical (unpaired) electrons. The molecule has 0 saturated carbocycles. The van der Waals surface area contributed by atoms with Gasteiger partial charge in [0, 0.05) is 30.2 Å². The number of nitrogens with zero attached hydrogens (tertiary/aromatic N) is 1. The fraction of sp³-hybridized carbons (Fsp3) is 0.350. The predicted octanol–water partition coefficient (Wildman–Crippen LogP) is 4.26. The van der Waals surface area contributed by atoms with Gasteiger partial charge < -0.3 is 15.5 Å². The van der Waals surface area contributed by atoms with Crippen LogP contribution in [0.4, 0.5) is 21.5 Å². The molecule has 2 aromatic rings. The average Bonchev–Trinajstić information content (AvgIpc) is 2.65. The van der Waals surface area contributed by atoms with Crippen LogP contribution in [-0.4, -0.2) is 25.0 Å². The highest BCUT2D eigenvalue weighted by molar-refractivity contribution is 5.96. The van der Waals surface area contributed by atoms with Crippen molar-refractivity contribution >= 4 is 23.0 Å². The molecule has 132 valence electrons. The molecule has 1 unspecified atom stereocenters. The maximum Gasteiger partial charge on any atom is 0.246 e. The van der Waals surface area contributed by atoms with E-state index in [0.717, 1.165) is 18.8 Å². The highest BCUT2D eigenvalue weighted by Crippen LogP contribution is 2.22. The summed E-state index contributed by atoms with van der Waals surface area (Å²) in [6.45, 7) is 4.03. The SMILES string of the molecule is CC(Nc1ccc(N2CCCCC2)cc1)C(=O)Nc1ccc(F)cc1. The summed E-state index contributed by atoms with van der Waals surface area (Å²) in [7, 11) is 0. The minimum absolute atomic E-state index is 0.160. The molecule has 0 bridgehead atoms. The summed E-state index contributed by atoms with van der Waals surface area (Å²) in [5.41, 5.74) is 2.72. The van der Waals surface area contributed by atoms with E-state index in [1.807, 2.05) is 12.1 Å². The highest BCUT2D eigenvalue weighted by Gasteiger charge is 2.14. The second-order valence-corrected chi connectivity index (χ2v) is 6.46. The van der Waals surface area contributed by atoms with Crippen molar-refractivity contribution in [3.05, 3.63) is 54.3 Å². The van der Waals surface area contributed by atoms with Crippen molar-refractivity contribution < 1.29 is 9.18 Å². The lowest BCUT2D eigenvalue weighted by atomic mass is 10.1. The molecule has 0 spiro atoms. The Bertz CT molecular complexity index is 694. The zero-order chi connectivity index (χ0) is 17.6. The standard InChI is InChI=1S/C20H24FN3O/c1-15(20(25)23-18-7-5-16(21)6-8-18)22-17-9-11-19(12-10-17)24-13-3-2-4-14-24/h5-12,15,22H,2-4,13-14H2,1H3,(H,23,25). The first-order chi connectivity index (χ1) is 12.1. The molecule has 3 rings (SSSR count). The number of amides is 1. The highest BCUT2D eigenvalue weighted by atomic mass is 19.1. The van der Waals surface area contributed by atoms with Crippen LogP contribution in [0, 0.1) is 5.82 Å². The molecule has 2 N–H and O–H groups in total. The average molecular weight is 341 g/mol. The zero-order valence-corrected chi connectivity index (χ0v) is 14.5. The fourth-order valence-corrected chi connectivity index (χ4v) is 3.02. The van der Waals surface area contributed by atoms with Gasteiger partial charge in [0.1, 0.15) is 11.9 Å². The molecule has 1 aliphatic rings. The molecular weight excluding hydrogens is 317 g/mol. The van der Waals surface area contributed by atoms with Crippen LogP contribution in [-0.2, 0) is 4.79 Å². The Morgan fingerprint density at radius 2 is 1.56 bits per heavy atom. The second-order valence-electron chi connectivity index (χ2n) is 6.46. The molecule has 1 heterocycles. The van der Waals surface area contributed by atoms with Crippen molar-refractivity contribution in [1.29, 1.82) is 0 Å². The van der Waals surface area contributed by atoms with Gasteiger partial charge in [-0.3, -0.25) is 4.79 Å². The maximum atomic E-state index is 12.9. The first-order valence-electron chi connectivity index (χ1n) is 8.80. The van der Waals surface area contributed by atoms with Gasteiger partial charge in [0.25, 0.3) is 0 Å². The number of hydrogen-bond donors (Lipinski definition) is 2. The summed E-state index contributed by atoms with van der Waals surface area (Å²) >= 11 is 0. The largest absolute Gasteiger partial charge is 0.374 e. The summed E-state index contributed by atoms with van der Waals surface area (Å²) in [6, 6.07) is 13.6. The van der Waals surface area contributed by atoms with Crippen LogP contribution in [0.3, 0.4) is 0 Å². The lowest BCUT2D eigenvalue weighted by molar-refractivity contribution is -0.116. The number of hydrogen-bond acceptors (Lipinski definition) is 3. The minimum atomic E-state index is -0.397. The van der Waals surface area contributed by atoms with Crippen LogP contribution in [0.2, 0.25) is 0 Å². The van der Waals surface area contributed by atoms with Gasteiger partial charge in [-0.25, -0.2) is 4.39 Å². The van der Waals surface area contributed by atoms with Gasteiger partial charge in [-0.1, -0.05) is 0 Å². The Morgan fingerprint density at radius 3 is 2.20 bits per heavy atom. The Hall–Kier alpha value is -2.56. The minimum Gasteiger partial charge on any atom is -0.374 e. The van der Waals surface area contributed by atoms with Crippen molar-refractivity contribution in [2.24, 2.45) is 0 Å². The van der Waals surface area contributed by atoms with Crippen molar-refractivity contribution in [3.8, 4) is 0 Å². The Balaban J connectivity index is 1.55. The van der Waals surface area contributed by atoms with E-state index in [0.29, 0.717) is 5.69 Å². The third kappa shape index (κ3) is 4.72. The number of carbonyl (C=O) groups is 1. The molecule has 1 saturated heterocycles. The van der Waals surface area contributed by atoms with E-state index < -0.39 is 6.04 Å². The lowest BCUT2D eigenvalue weighted by Gasteiger charge is -2.29. The molecule has 0 aliphatic carbocycles.